The van der Waals surface area contributed by atoms with Crippen LogP contribution in [0.5, 0.6) is 5.75 Å². The van der Waals surface area contributed by atoms with Gasteiger partial charge < -0.3 is 15.0 Å². The maximum Gasteiger partial charge on any atom is 0.244 e. The van der Waals surface area contributed by atoms with Crippen LogP contribution in [-0.2, 0) is 26.2 Å². The quantitative estimate of drug-likeness (QED) is 0.350. The van der Waals surface area contributed by atoms with E-state index in [-0.39, 0.29) is 29.2 Å². The molecule has 0 bridgehead atoms. The monoisotopic (exact) mass is 617 g/mol. The smallest absolute Gasteiger partial charge is 0.244 e. The molecule has 8 nitrogen and oxygen atoms in total. The zero-order chi connectivity index (χ0) is 28.7. The Balaban J connectivity index is 1.96. The van der Waals surface area contributed by atoms with Crippen LogP contribution in [0.1, 0.15) is 51.0 Å². The normalized spacial score (nSPS) is 14.9. The number of halogens is 3. The molecule has 2 amide bonds. The number of nitrogens with zero attached hydrogens (tertiary/aromatic N) is 2. The fourth-order valence-corrected chi connectivity index (χ4v) is 6.28. The number of anilines is 1. The summed E-state index contributed by atoms with van der Waals surface area (Å²) in [6.07, 6.45) is 6.32. The number of amides is 2. The Morgan fingerprint density at radius 2 is 1.74 bits per heavy atom. The van der Waals surface area contributed by atoms with Crippen molar-refractivity contribution >= 4 is 62.3 Å². The van der Waals surface area contributed by atoms with Crippen molar-refractivity contribution in [3.8, 4) is 5.75 Å². The second kappa shape index (κ2) is 13.9. The molecule has 39 heavy (non-hydrogen) atoms. The molecule has 1 atom stereocenters. The van der Waals surface area contributed by atoms with Crippen molar-refractivity contribution in [2.24, 2.45) is 0 Å². The molecule has 0 saturated heterocycles. The second-order valence-corrected chi connectivity index (χ2v) is 12.8. The molecular weight excluding hydrogens is 585 g/mol. The first-order chi connectivity index (χ1) is 18.4. The van der Waals surface area contributed by atoms with E-state index in [0.29, 0.717) is 27.8 Å². The average molecular weight is 619 g/mol. The average Bonchev–Trinajstić information content (AvgIpc) is 2.88. The van der Waals surface area contributed by atoms with E-state index in [9.17, 15) is 18.0 Å². The first-order valence-corrected chi connectivity index (χ1v) is 15.8. The topological polar surface area (TPSA) is 96.0 Å². The highest BCUT2D eigenvalue weighted by Gasteiger charge is 2.33. The lowest BCUT2D eigenvalue weighted by Gasteiger charge is -2.34. The van der Waals surface area contributed by atoms with Gasteiger partial charge in [0.1, 0.15) is 18.3 Å². The lowest BCUT2D eigenvalue weighted by Crippen LogP contribution is -2.54. The first kappa shape index (κ1) is 31.3. The minimum absolute atomic E-state index is 0.00754. The van der Waals surface area contributed by atoms with E-state index in [0.717, 1.165) is 42.7 Å². The Hall–Kier alpha value is -2.20. The fraction of sp³-hybridized carbons (Fsp3) is 0.481. The van der Waals surface area contributed by atoms with Gasteiger partial charge in [-0.05, 0) is 55.2 Å². The van der Waals surface area contributed by atoms with Crippen LogP contribution in [-0.4, -0.2) is 57.1 Å². The van der Waals surface area contributed by atoms with Crippen LogP contribution >= 0.6 is 34.8 Å². The highest BCUT2D eigenvalue weighted by atomic mass is 35.5. The molecule has 2 aromatic carbocycles. The molecule has 214 valence electrons. The summed E-state index contributed by atoms with van der Waals surface area (Å²) in [5.41, 5.74) is 0.776. The van der Waals surface area contributed by atoms with E-state index in [1.807, 2.05) is 6.92 Å². The molecule has 0 heterocycles. The van der Waals surface area contributed by atoms with Gasteiger partial charge in [0, 0.05) is 22.6 Å². The van der Waals surface area contributed by atoms with E-state index >= 15 is 0 Å². The van der Waals surface area contributed by atoms with Crippen LogP contribution in [0.15, 0.2) is 36.4 Å². The van der Waals surface area contributed by atoms with Crippen molar-refractivity contribution in [2.45, 2.75) is 64.1 Å². The molecule has 1 aliphatic rings. The molecule has 12 heteroatoms. The predicted octanol–water partition coefficient (Wildman–Crippen LogP) is 5.68. The number of benzene rings is 2. The SMILES string of the molecule is CCC(C(=O)NC1CCCCC1)N(Cc1ccc(Cl)cc1Cl)C(=O)CN(c1ccc(OC)c(Cl)c1)S(C)(=O)=O. The summed E-state index contributed by atoms with van der Waals surface area (Å²) >= 11 is 18.7. The Morgan fingerprint density at radius 3 is 2.31 bits per heavy atom. The fourth-order valence-electron chi connectivity index (χ4n) is 4.72. The van der Waals surface area contributed by atoms with Crippen LogP contribution in [0, 0.1) is 0 Å². The summed E-state index contributed by atoms with van der Waals surface area (Å²) in [7, 11) is -2.46. The van der Waals surface area contributed by atoms with Crippen LogP contribution in [0.4, 0.5) is 5.69 Å². The summed E-state index contributed by atoms with van der Waals surface area (Å²) in [5, 5.41) is 4.07. The molecule has 1 aliphatic carbocycles. The molecular formula is C27H34Cl3N3O5S. The van der Waals surface area contributed by atoms with Crippen molar-refractivity contribution < 1.29 is 22.7 Å². The number of nitrogens with one attached hydrogen (secondary N) is 1. The van der Waals surface area contributed by atoms with Crippen LogP contribution < -0.4 is 14.4 Å². The third kappa shape index (κ3) is 8.39. The van der Waals surface area contributed by atoms with Crippen molar-refractivity contribution in [1.82, 2.24) is 10.2 Å². The van der Waals surface area contributed by atoms with Gasteiger partial charge in [0.15, 0.2) is 0 Å². The summed E-state index contributed by atoms with van der Waals surface area (Å²) in [6.45, 7) is 1.26. The number of hydrogen-bond donors (Lipinski definition) is 1. The Labute approximate surface area is 245 Å². The van der Waals surface area contributed by atoms with E-state index in [1.165, 1.54) is 30.2 Å². The molecule has 0 spiro atoms. The zero-order valence-electron chi connectivity index (χ0n) is 22.3. The maximum absolute atomic E-state index is 13.9. The number of hydrogen-bond acceptors (Lipinski definition) is 5. The van der Waals surface area contributed by atoms with E-state index in [4.69, 9.17) is 39.5 Å². The van der Waals surface area contributed by atoms with Gasteiger partial charge in [0.25, 0.3) is 0 Å². The van der Waals surface area contributed by atoms with E-state index in [2.05, 4.69) is 5.32 Å². The van der Waals surface area contributed by atoms with Gasteiger partial charge >= 0.3 is 0 Å². The third-order valence-corrected chi connectivity index (χ3v) is 8.82. The Kier molecular flexibility index (Phi) is 11.2. The van der Waals surface area contributed by atoms with Gasteiger partial charge in [0.2, 0.25) is 21.8 Å². The molecule has 2 aromatic rings. The van der Waals surface area contributed by atoms with Crippen molar-refractivity contribution in [3.63, 3.8) is 0 Å². The first-order valence-electron chi connectivity index (χ1n) is 12.8. The number of sulfonamides is 1. The van der Waals surface area contributed by atoms with Gasteiger partial charge in [-0.3, -0.25) is 13.9 Å². The minimum atomic E-state index is -3.90. The summed E-state index contributed by atoms with van der Waals surface area (Å²) in [6, 6.07) is 8.56. The second-order valence-electron chi connectivity index (χ2n) is 9.61. The summed E-state index contributed by atoms with van der Waals surface area (Å²) in [4.78, 5) is 28.7. The number of methoxy groups -OCH3 is 1. The summed E-state index contributed by atoms with van der Waals surface area (Å²) in [5.74, 6) is -0.477. The van der Waals surface area contributed by atoms with Gasteiger partial charge in [-0.25, -0.2) is 8.42 Å². The van der Waals surface area contributed by atoms with E-state index < -0.39 is 28.5 Å². The van der Waals surface area contributed by atoms with Crippen LogP contribution in [0.25, 0.3) is 0 Å². The molecule has 1 saturated carbocycles. The molecule has 0 radical (unpaired) electrons. The molecule has 3 rings (SSSR count). The van der Waals surface area contributed by atoms with Gasteiger partial charge in [-0.15, -0.1) is 0 Å². The van der Waals surface area contributed by atoms with Crippen LogP contribution in [0.2, 0.25) is 15.1 Å². The van der Waals surface area contributed by atoms with Gasteiger partial charge in [0.05, 0.1) is 24.1 Å². The number of rotatable bonds is 11. The van der Waals surface area contributed by atoms with E-state index in [1.54, 1.807) is 18.2 Å². The van der Waals surface area contributed by atoms with Crippen LogP contribution in [0.3, 0.4) is 0 Å². The number of ether oxygens (including phenoxy) is 1. The number of carbonyl (C=O) groups excluding carboxylic acids is 2. The van der Waals surface area contributed by atoms with Gasteiger partial charge in [-0.1, -0.05) is 67.1 Å². The van der Waals surface area contributed by atoms with Gasteiger partial charge in [-0.2, -0.15) is 0 Å². The van der Waals surface area contributed by atoms with Crippen molar-refractivity contribution in [1.29, 1.82) is 0 Å². The Bertz CT molecular complexity index is 1290. The highest BCUT2D eigenvalue weighted by Crippen LogP contribution is 2.31. The lowest BCUT2D eigenvalue weighted by atomic mass is 9.95. The maximum atomic E-state index is 13.9. The number of carbonyl (C=O) groups is 2. The summed E-state index contributed by atoms with van der Waals surface area (Å²) < 4.78 is 31.7. The van der Waals surface area contributed by atoms with Crippen molar-refractivity contribution in [2.75, 3.05) is 24.2 Å². The Morgan fingerprint density at radius 1 is 1.05 bits per heavy atom. The third-order valence-electron chi connectivity index (χ3n) is 6.80. The standard InChI is InChI=1S/C27H34Cl3N3O5S/c1-4-24(27(35)31-20-8-6-5-7-9-20)32(16-18-10-11-19(28)14-22(18)29)26(34)17-33(39(3,36)37)21-12-13-25(38-2)23(30)15-21/h10-15,20,24H,4-9,16-17H2,1-3H3,(H,31,35). The largest absolute Gasteiger partial charge is 0.495 e. The van der Waals surface area contributed by atoms with Crippen molar-refractivity contribution in [3.05, 3.63) is 57.0 Å². The minimum Gasteiger partial charge on any atom is -0.495 e. The molecule has 1 N–H and O–H groups in total. The lowest BCUT2D eigenvalue weighted by molar-refractivity contribution is -0.140. The predicted molar refractivity (Wildman–Crippen MR) is 156 cm³/mol. The molecule has 0 aromatic heterocycles. The zero-order valence-corrected chi connectivity index (χ0v) is 25.3. The molecule has 0 aliphatic heterocycles. The molecule has 1 fully saturated rings. The highest BCUT2D eigenvalue weighted by molar-refractivity contribution is 7.92. The molecule has 1 unspecified atom stereocenters.